The molecule has 9 heteroatoms. The van der Waals surface area contributed by atoms with Gasteiger partial charge in [-0.1, -0.05) is 0 Å². The smallest absolute Gasteiger partial charge is 0 e. The summed E-state index contributed by atoms with van der Waals surface area (Å²) in [5.74, 6) is -2.83. The van der Waals surface area contributed by atoms with Gasteiger partial charge >= 0.3 is 39.2 Å². The van der Waals surface area contributed by atoms with Gasteiger partial charge in [0, 0.05) is 31.6 Å². The van der Waals surface area contributed by atoms with E-state index in [4.69, 9.17) is 10.2 Å². The maximum absolute atomic E-state index is 10.5. The van der Waals surface area contributed by atoms with Gasteiger partial charge in [0.1, 0.15) is 0 Å². The number of nitro groups is 1. The number of nitrogens with zero attached hydrogens (tertiary/aromatic N) is 1. The monoisotopic (exact) mass is 485 g/mol. The van der Waals surface area contributed by atoms with E-state index in [2.05, 4.69) is 0 Å². The fourth-order valence-corrected chi connectivity index (χ4v) is 0.964. The molecule has 2 radical (unpaired) electrons. The number of hydrogen-bond acceptors (Lipinski definition) is 4. The molecule has 0 saturated heterocycles. The van der Waals surface area contributed by atoms with Crippen LogP contribution in [0.25, 0.3) is 0 Å². The van der Waals surface area contributed by atoms with Gasteiger partial charge in [0.25, 0.3) is 5.69 Å². The first-order valence-corrected chi connectivity index (χ1v) is 3.68. The Bertz CT molecular complexity index is 384. The van der Waals surface area contributed by atoms with Crippen LogP contribution in [0.2, 0.25) is 0 Å². The molecule has 86 valence electrons. The van der Waals surface area contributed by atoms with Gasteiger partial charge < -0.3 is 10.2 Å². The van der Waals surface area contributed by atoms with Crippen molar-refractivity contribution < 1.29 is 44.2 Å². The molecule has 0 aliphatic carbocycles. The van der Waals surface area contributed by atoms with Crippen molar-refractivity contribution in [1.82, 2.24) is 0 Å². The molecule has 0 aliphatic heterocycles. The predicted octanol–water partition coefficient (Wildman–Crippen LogP) is 0.0725. The third kappa shape index (κ3) is 4.86. The second-order valence-electron chi connectivity index (χ2n) is 2.64. The third-order valence-corrected chi connectivity index (χ3v) is 1.62. The molecule has 7 nitrogen and oxygen atoms in total. The summed E-state index contributed by atoms with van der Waals surface area (Å²) in [6.45, 7) is 0. The van der Waals surface area contributed by atoms with Crippen LogP contribution in [0.5, 0.6) is 0 Å². The van der Waals surface area contributed by atoms with Gasteiger partial charge in [0.05, 0.1) is 16.1 Å². The maximum atomic E-state index is 10.5. The van der Waals surface area contributed by atoms with Gasteiger partial charge in [-0.25, -0.2) is 9.59 Å². The van der Waals surface area contributed by atoms with E-state index in [1.165, 1.54) is 0 Å². The minimum Gasteiger partial charge on any atom is 0 e. The molecule has 0 fully saturated rings. The molecular formula is C8H7NO6PbZn. The number of rotatable bonds is 3. The number of carboxylic acid groups (broad SMARTS) is 2. The Hall–Kier alpha value is -0.895. The summed E-state index contributed by atoms with van der Waals surface area (Å²) in [6.07, 6.45) is 0. The average molecular weight is 486 g/mol. The molecule has 1 aromatic carbocycles. The fraction of sp³-hybridized carbons (Fsp3) is 0. The summed E-state index contributed by atoms with van der Waals surface area (Å²) in [6, 6.07) is 2.46. The van der Waals surface area contributed by atoms with Crippen molar-refractivity contribution >= 4 is 44.9 Å². The van der Waals surface area contributed by atoms with Crippen molar-refractivity contribution in [2.45, 2.75) is 0 Å². The van der Waals surface area contributed by atoms with E-state index in [1.54, 1.807) is 0 Å². The van der Waals surface area contributed by atoms with Gasteiger partial charge in [0.2, 0.25) is 0 Å². The van der Waals surface area contributed by atoms with E-state index in [0.29, 0.717) is 0 Å². The van der Waals surface area contributed by atoms with Gasteiger partial charge in [-0.2, -0.15) is 0 Å². The van der Waals surface area contributed by atoms with Crippen LogP contribution in [-0.2, 0) is 19.5 Å². The van der Waals surface area contributed by atoms with Crippen LogP contribution in [-0.4, -0.2) is 54.4 Å². The van der Waals surface area contributed by atoms with Gasteiger partial charge in [-0.3, -0.25) is 10.1 Å². The third-order valence-electron chi connectivity index (χ3n) is 1.62. The number of carbonyl (C=O) groups is 2. The number of carboxylic acids is 2. The molecule has 17 heavy (non-hydrogen) atoms. The number of nitro benzene ring substituents is 1. The summed E-state index contributed by atoms with van der Waals surface area (Å²) in [5.41, 5.74) is -1.42. The first-order chi connectivity index (χ1) is 6.91. The van der Waals surface area contributed by atoms with Crippen LogP contribution < -0.4 is 0 Å². The molecule has 0 amide bonds. The van der Waals surface area contributed by atoms with Crippen molar-refractivity contribution in [2.24, 2.45) is 0 Å². The number of non-ortho nitro benzene ring substituents is 1. The number of hydrogen-bond donors (Lipinski definition) is 2. The molecule has 0 unspecified atom stereocenters. The van der Waals surface area contributed by atoms with Crippen molar-refractivity contribution in [2.75, 3.05) is 0 Å². The Morgan fingerprint density at radius 3 is 1.65 bits per heavy atom. The quantitative estimate of drug-likeness (QED) is 0.355. The summed E-state index contributed by atoms with van der Waals surface area (Å²) in [5, 5.41) is 27.5. The molecule has 1 rings (SSSR count). The van der Waals surface area contributed by atoms with E-state index < -0.39 is 33.7 Å². The molecule has 0 atom stereocenters. The molecule has 0 bridgehead atoms. The molecular weight excluding hydrogens is 479 g/mol. The Morgan fingerprint density at radius 1 is 1.06 bits per heavy atom. The van der Waals surface area contributed by atoms with E-state index in [9.17, 15) is 19.7 Å². The molecule has 0 heterocycles. The maximum Gasteiger partial charge on any atom is 0 e. The molecule has 2 N–H and O–H groups in total. The van der Waals surface area contributed by atoms with E-state index in [0.717, 1.165) is 18.2 Å². The molecule has 0 saturated carbocycles. The topological polar surface area (TPSA) is 118 Å². The van der Waals surface area contributed by atoms with Crippen molar-refractivity contribution in [3.05, 3.63) is 39.4 Å². The zero-order valence-electron chi connectivity index (χ0n) is 8.62. The standard InChI is InChI=1S/C8H5NO6.Pb.Zn.2H/c10-7(11)4-1-5(8(12)13)3-6(2-4)9(14)15;;;;/h1-3H,(H,10,11)(H,12,13);;;;. The fourth-order valence-electron chi connectivity index (χ4n) is 0.964. The molecule has 0 aliphatic rings. The van der Waals surface area contributed by atoms with Gasteiger partial charge in [-0.05, 0) is 6.07 Å². The van der Waals surface area contributed by atoms with Gasteiger partial charge in [-0.15, -0.1) is 0 Å². The first kappa shape index (κ1) is 18.5. The average Bonchev–Trinajstić information content (AvgIpc) is 2.16. The van der Waals surface area contributed by atoms with Crippen molar-refractivity contribution in [3.8, 4) is 0 Å². The number of benzene rings is 1. The Morgan fingerprint density at radius 2 is 1.41 bits per heavy atom. The van der Waals surface area contributed by atoms with E-state index in [1.807, 2.05) is 0 Å². The SMILES string of the molecule is O=C(O)c1cc(C(=O)O)cc([N+](=O)[O-])c1.[PbH2].[Zn]. The van der Waals surface area contributed by atoms with E-state index >= 15 is 0 Å². The summed E-state index contributed by atoms with van der Waals surface area (Å²) < 4.78 is 0. The first-order valence-electron chi connectivity index (χ1n) is 3.68. The van der Waals surface area contributed by atoms with Crippen LogP contribution in [0.15, 0.2) is 18.2 Å². The predicted molar refractivity (Wildman–Crippen MR) is 55.6 cm³/mol. The molecule has 1 aromatic rings. The van der Waals surface area contributed by atoms with Crippen molar-refractivity contribution in [3.63, 3.8) is 0 Å². The zero-order chi connectivity index (χ0) is 11.6. The Labute approximate surface area is 128 Å². The normalized spacial score (nSPS) is 8.47. The minimum absolute atomic E-state index is 0. The minimum atomic E-state index is -1.42. The van der Waals surface area contributed by atoms with Crippen LogP contribution in [0, 0.1) is 10.1 Å². The van der Waals surface area contributed by atoms with Crippen molar-refractivity contribution in [1.29, 1.82) is 0 Å². The zero-order valence-corrected chi connectivity index (χ0v) is 17.1. The summed E-state index contributed by atoms with van der Waals surface area (Å²) in [4.78, 5) is 30.6. The largest absolute Gasteiger partial charge is 0 e. The van der Waals surface area contributed by atoms with Crippen LogP contribution in [0.3, 0.4) is 0 Å². The molecule has 0 spiro atoms. The molecule has 0 aromatic heterocycles. The Kier molecular flexibility index (Phi) is 8.08. The number of aromatic carboxylic acids is 2. The van der Waals surface area contributed by atoms with Gasteiger partial charge in [0.15, 0.2) is 0 Å². The van der Waals surface area contributed by atoms with Crippen LogP contribution in [0.1, 0.15) is 20.7 Å². The second-order valence-corrected chi connectivity index (χ2v) is 2.64. The van der Waals surface area contributed by atoms with E-state index in [-0.39, 0.29) is 46.8 Å². The summed E-state index contributed by atoms with van der Waals surface area (Å²) in [7, 11) is 0. The van der Waals surface area contributed by atoms with Crippen LogP contribution >= 0.6 is 0 Å². The second kappa shape index (κ2) is 7.43. The van der Waals surface area contributed by atoms with Crippen LogP contribution in [0.4, 0.5) is 5.69 Å². The Balaban J connectivity index is 0. The summed E-state index contributed by atoms with van der Waals surface area (Å²) >= 11 is 0.